The molecule has 1 amide bonds. The average molecular weight is 432 g/mol. The number of carbonyl (C=O) groups is 1. The molecule has 0 spiro atoms. The number of carbonyl (C=O) groups excluding carboxylic acids is 1. The fourth-order valence-corrected chi connectivity index (χ4v) is 3.97. The summed E-state index contributed by atoms with van der Waals surface area (Å²) < 4.78 is 5.20. The van der Waals surface area contributed by atoms with Gasteiger partial charge in [-0.1, -0.05) is 12.8 Å². The predicted molar refractivity (Wildman–Crippen MR) is 128 cm³/mol. The summed E-state index contributed by atoms with van der Waals surface area (Å²) in [5.74, 6) is 2.62. The van der Waals surface area contributed by atoms with E-state index in [2.05, 4.69) is 25.9 Å². The molecule has 0 saturated heterocycles. The van der Waals surface area contributed by atoms with Gasteiger partial charge in [0.2, 0.25) is 11.9 Å². The highest BCUT2D eigenvalue weighted by Gasteiger charge is 2.18. The maximum atomic E-state index is 12.2. The van der Waals surface area contributed by atoms with Gasteiger partial charge in [0.05, 0.1) is 7.11 Å². The van der Waals surface area contributed by atoms with E-state index in [0.717, 1.165) is 28.5 Å². The summed E-state index contributed by atoms with van der Waals surface area (Å²) in [6.45, 7) is 1.93. The number of aromatic nitrogens is 2. The number of methoxy groups -OCH3 is 1. The second-order valence-corrected chi connectivity index (χ2v) is 8.18. The Labute approximate surface area is 188 Å². The van der Waals surface area contributed by atoms with Crippen LogP contribution < -0.4 is 20.7 Å². The highest BCUT2D eigenvalue weighted by Crippen LogP contribution is 2.28. The van der Waals surface area contributed by atoms with E-state index in [-0.39, 0.29) is 5.91 Å². The molecule has 1 aromatic heterocycles. The third-order valence-corrected chi connectivity index (χ3v) is 5.59. The molecule has 3 aromatic rings. The molecule has 7 heteroatoms. The summed E-state index contributed by atoms with van der Waals surface area (Å²) in [7, 11) is 1.64. The number of rotatable bonds is 8. The van der Waals surface area contributed by atoms with E-state index in [0.29, 0.717) is 24.1 Å². The molecule has 1 aliphatic rings. The number of hydrogen-bond donors (Lipinski definition) is 3. The lowest BCUT2D eigenvalue weighted by molar-refractivity contribution is -0.117. The van der Waals surface area contributed by atoms with Gasteiger partial charge in [-0.05, 0) is 74.2 Å². The van der Waals surface area contributed by atoms with Crippen LogP contribution in [0.25, 0.3) is 0 Å². The van der Waals surface area contributed by atoms with Gasteiger partial charge in [-0.25, -0.2) is 4.98 Å². The third kappa shape index (κ3) is 5.97. The first-order valence-electron chi connectivity index (χ1n) is 11.0. The van der Waals surface area contributed by atoms with Crippen molar-refractivity contribution in [2.45, 2.75) is 39.0 Å². The molecule has 1 aliphatic carbocycles. The van der Waals surface area contributed by atoms with Gasteiger partial charge in [-0.3, -0.25) is 4.79 Å². The van der Waals surface area contributed by atoms with Crippen molar-refractivity contribution in [3.05, 3.63) is 60.3 Å². The lowest BCUT2D eigenvalue weighted by Crippen LogP contribution is -2.15. The van der Waals surface area contributed by atoms with Crippen molar-refractivity contribution >= 4 is 34.7 Å². The zero-order chi connectivity index (χ0) is 22.3. The largest absolute Gasteiger partial charge is 0.497 e. The second kappa shape index (κ2) is 10.1. The van der Waals surface area contributed by atoms with Gasteiger partial charge in [-0.15, -0.1) is 0 Å². The number of ether oxygens (including phenoxy) is 1. The van der Waals surface area contributed by atoms with Crippen LogP contribution in [0.5, 0.6) is 5.75 Å². The standard InChI is InChI=1S/C25H29N5O2/c1-17-15-23(27-19-11-13-22(32-2)14-12-19)30-25(26-17)29-21-9-7-20(8-10-21)28-24(31)16-18-5-3-4-6-18/h7-15,18H,3-6,16H2,1-2H3,(H,28,31)(H2,26,27,29,30). The van der Waals surface area contributed by atoms with E-state index in [4.69, 9.17) is 4.74 Å². The lowest BCUT2D eigenvalue weighted by atomic mass is 10.0. The smallest absolute Gasteiger partial charge is 0.229 e. The molecule has 0 unspecified atom stereocenters. The first-order chi connectivity index (χ1) is 15.6. The second-order valence-electron chi connectivity index (χ2n) is 8.18. The van der Waals surface area contributed by atoms with Crippen LogP contribution in [0.1, 0.15) is 37.8 Å². The Morgan fingerprint density at radius 3 is 2.25 bits per heavy atom. The number of nitrogens with zero attached hydrogens (tertiary/aromatic N) is 2. The van der Waals surface area contributed by atoms with Crippen molar-refractivity contribution in [3.63, 3.8) is 0 Å². The molecule has 32 heavy (non-hydrogen) atoms. The van der Waals surface area contributed by atoms with Gasteiger partial charge in [0.1, 0.15) is 11.6 Å². The molecule has 0 bridgehead atoms. The monoisotopic (exact) mass is 431 g/mol. The molecule has 4 rings (SSSR count). The van der Waals surface area contributed by atoms with Gasteiger partial charge in [0, 0.05) is 35.2 Å². The Hall–Kier alpha value is -3.61. The molecule has 3 N–H and O–H groups in total. The Morgan fingerprint density at radius 2 is 1.56 bits per heavy atom. The molecule has 1 fully saturated rings. The Kier molecular flexibility index (Phi) is 6.84. The van der Waals surface area contributed by atoms with Crippen LogP contribution in [0.4, 0.5) is 28.8 Å². The van der Waals surface area contributed by atoms with Crippen LogP contribution in [0, 0.1) is 12.8 Å². The first kappa shape index (κ1) is 21.6. The minimum atomic E-state index is 0.0916. The van der Waals surface area contributed by atoms with Gasteiger partial charge >= 0.3 is 0 Å². The van der Waals surface area contributed by atoms with Crippen LogP contribution in [0.15, 0.2) is 54.6 Å². The number of hydrogen-bond acceptors (Lipinski definition) is 6. The Balaban J connectivity index is 1.37. The normalized spacial score (nSPS) is 13.6. The molecule has 0 atom stereocenters. The Bertz CT molecular complexity index is 1040. The van der Waals surface area contributed by atoms with Gasteiger partial charge in [0.25, 0.3) is 0 Å². The lowest BCUT2D eigenvalue weighted by Gasteiger charge is -2.12. The molecule has 0 radical (unpaired) electrons. The summed E-state index contributed by atoms with van der Waals surface area (Å²) in [5, 5.41) is 9.52. The van der Waals surface area contributed by atoms with Crippen LogP contribution in [0.2, 0.25) is 0 Å². The fourth-order valence-electron chi connectivity index (χ4n) is 3.97. The van der Waals surface area contributed by atoms with Crippen LogP contribution in [0.3, 0.4) is 0 Å². The molecule has 2 aromatic carbocycles. The van der Waals surface area contributed by atoms with Crippen molar-refractivity contribution in [1.82, 2.24) is 9.97 Å². The molecular weight excluding hydrogens is 402 g/mol. The zero-order valence-electron chi connectivity index (χ0n) is 18.5. The van der Waals surface area contributed by atoms with Gasteiger partial charge in [-0.2, -0.15) is 4.98 Å². The summed E-state index contributed by atoms with van der Waals surface area (Å²) in [5.41, 5.74) is 3.40. The minimum Gasteiger partial charge on any atom is -0.497 e. The molecule has 7 nitrogen and oxygen atoms in total. The summed E-state index contributed by atoms with van der Waals surface area (Å²) >= 11 is 0. The van der Waals surface area contributed by atoms with Crippen LogP contribution in [-0.4, -0.2) is 23.0 Å². The van der Waals surface area contributed by atoms with Crippen molar-refractivity contribution in [2.75, 3.05) is 23.1 Å². The van der Waals surface area contributed by atoms with E-state index in [1.54, 1.807) is 7.11 Å². The maximum absolute atomic E-state index is 12.2. The molecule has 1 heterocycles. The summed E-state index contributed by atoms with van der Waals surface area (Å²) in [4.78, 5) is 21.3. The van der Waals surface area contributed by atoms with E-state index < -0.39 is 0 Å². The topological polar surface area (TPSA) is 88.2 Å². The van der Waals surface area contributed by atoms with E-state index in [1.165, 1.54) is 25.7 Å². The quantitative estimate of drug-likeness (QED) is 0.418. The first-order valence-corrected chi connectivity index (χ1v) is 11.0. The number of nitrogens with one attached hydrogen (secondary N) is 3. The van der Waals surface area contributed by atoms with Crippen molar-refractivity contribution in [2.24, 2.45) is 5.92 Å². The maximum Gasteiger partial charge on any atom is 0.229 e. The highest BCUT2D eigenvalue weighted by molar-refractivity contribution is 5.91. The number of amides is 1. The SMILES string of the molecule is COc1ccc(Nc2cc(C)nc(Nc3ccc(NC(=O)CC4CCCC4)cc3)n2)cc1. The zero-order valence-corrected chi connectivity index (χ0v) is 18.5. The van der Waals surface area contributed by atoms with Crippen LogP contribution in [-0.2, 0) is 4.79 Å². The van der Waals surface area contributed by atoms with Gasteiger partial charge in [0.15, 0.2) is 0 Å². The molecule has 166 valence electrons. The van der Waals surface area contributed by atoms with Crippen LogP contribution >= 0.6 is 0 Å². The fraction of sp³-hybridized carbons (Fsp3) is 0.320. The minimum absolute atomic E-state index is 0.0916. The van der Waals surface area contributed by atoms with E-state index >= 15 is 0 Å². The van der Waals surface area contributed by atoms with Crippen molar-refractivity contribution in [3.8, 4) is 5.75 Å². The number of anilines is 5. The van der Waals surface area contributed by atoms with E-state index in [9.17, 15) is 4.79 Å². The van der Waals surface area contributed by atoms with E-state index in [1.807, 2.05) is 61.5 Å². The third-order valence-electron chi connectivity index (χ3n) is 5.59. The molecule has 0 aliphatic heterocycles. The molecular formula is C25H29N5O2. The predicted octanol–water partition coefficient (Wildman–Crippen LogP) is 5.80. The summed E-state index contributed by atoms with van der Waals surface area (Å²) in [6, 6.07) is 17.1. The van der Waals surface area contributed by atoms with Crippen molar-refractivity contribution in [1.29, 1.82) is 0 Å². The molecule has 1 saturated carbocycles. The number of benzene rings is 2. The highest BCUT2D eigenvalue weighted by atomic mass is 16.5. The summed E-state index contributed by atoms with van der Waals surface area (Å²) in [6.07, 6.45) is 5.44. The van der Waals surface area contributed by atoms with Gasteiger partial charge < -0.3 is 20.7 Å². The Morgan fingerprint density at radius 1 is 0.938 bits per heavy atom. The van der Waals surface area contributed by atoms with Crippen molar-refractivity contribution < 1.29 is 9.53 Å². The average Bonchev–Trinajstić information content (AvgIpc) is 3.28. The number of aryl methyl sites for hydroxylation is 1.